The minimum atomic E-state index is 0.377. The molecular formula is C12H24N2O. The highest BCUT2D eigenvalue weighted by atomic mass is 16.5. The first-order chi connectivity index (χ1) is 7.16. The third kappa shape index (κ3) is 2.05. The maximum absolute atomic E-state index is 5.12. The third-order valence-electron chi connectivity index (χ3n) is 4.29. The summed E-state index contributed by atoms with van der Waals surface area (Å²) < 4.78 is 5.12. The second kappa shape index (κ2) is 4.40. The first-order valence-electron chi connectivity index (χ1n) is 6.11. The largest absolute Gasteiger partial charge is 0.385 e. The predicted molar refractivity (Wildman–Crippen MR) is 62.0 cm³/mol. The summed E-state index contributed by atoms with van der Waals surface area (Å²) in [4.78, 5) is 2.65. The first kappa shape index (κ1) is 11.4. The van der Waals surface area contributed by atoms with Crippen LogP contribution < -0.4 is 5.32 Å². The molecule has 2 fully saturated rings. The van der Waals surface area contributed by atoms with Gasteiger partial charge in [0.25, 0.3) is 0 Å². The van der Waals surface area contributed by atoms with Crippen molar-refractivity contribution in [3.63, 3.8) is 0 Å². The Kier molecular flexibility index (Phi) is 3.33. The first-order valence-corrected chi connectivity index (χ1v) is 6.11. The predicted octanol–water partition coefficient (Wildman–Crippen LogP) is 0.953. The number of hydrogen-bond donors (Lipinski definition) is 1. The van der Waals surface area contributed by atoms with Crippen LogP contribution in [-0.4, -0.2) is 50.3 Å². The van der Waals surface area contributed by atoms with Crippen molar-refractivity contribution in [3.8, 4) is 0 Å². The SMILES string of the molecule is COCCCN1CC2CNCC2C1(C)C. The van der Waals surface area contributed by atoms with Gasteiger partial charge in [-0.3, -0.25) is 4.90 Å². The Morgan fingerprint density at radius 3 is 2.87 bits per heavy atom. The molecule has 2 atom stereocenters. The second-order valence-corrected chi connectivity index (χ2v) is 5.47. The summed E-state index contributed by atoms with van der Waals surface area (Å²) in [5, 5.41) is 3.52. The molecule has 3 heteroatoms. The Balaban J connectivity index is 1.90. The standard InChI is InChI=1S/C12H24N2O/c1-12(2)11-8-13-7-10(11)9-14(12)5-4-6-15-3/h10-11,13H,4-9H2,1-3H3. The number of ether oxygens (including phenoxy) is 1. The van der Waals surface area contributed by atoms with Crippen LogP contribution in [0.15, 0.2) is 0 Å². The van der Waals surface area contributed by atoms with Gasteiger partial charge in [0.2, 0.25) is 0 Å². The summed E-state index contributed by atoms with van der Waals surface area (Å²) in [6.07, 6.45) is 1.16. The van der Waals surface area contributed by atoms with Gasteiger partial charge in [0, 0.05) is 38.9 Å². The summed E-state index contributed by atoms with van der Waals surface area (Å²) in [5.41, 5.74) is 0.377. The van der Waals surface area contributed by atoms with Crippen molar-refractivity contribution in [2.45, 2.75) is 25.8 Å². The zero-order valence-electron chi connectivity index (χ0n) is 10.3. The van der Waals surface area contributed by atoms with Gasteiger partial charge in [-0.1, -0.05) is 0 Å². The fraction of sp³-hybridized carbons (Fsp3) is 1.00. The van der Waals surface area contributed by atoms with Crippen LogP contribution in [0.2, 0.25) is 0 Å². The second-order valence-electron chi connectivity index (χ2n) is 5.47. The molecule has 3 nitrogen and oxygen atoms in total. The molecule has 0 aliphatic carbocycles. The molecule has 2 aliphatic heterocycles. The van der Waals surface area contributed by atoms with E-state index in [9.17, 15) is 0 Å². The van der Waals surface area contributed by atoms with Crippen molar-refractivity contribution >= 4 is 0 Å². The van der Waals surface area contributed by atoms with Gasteiger partial charge in [0.05, 0.1) is 0 Å². The average molecular weight is 212 g/mol. The van der Waals surface area contributed by atoms with E-state index < -0.39 is 0 Å². The molecule has 0 aromatic rings. The Labute approximate surface area is 93.2 Å². The van der Waals surface area contributed by atoms with E-state index >= 15 is 0 Å². The normalized spacial score (nSPS) is 34.6. The van der Waals surface area contributed by atoms with Crippen LogP contribution in [0.25, 0.3) is 0 Å². The minimum Gasteiger partial charge on any atom is -0.385 e. The molecular weight excluding hydrogens is 188 g/mol. The molecule has 2 aliphatic rings. The summed E-state index contributed by atoms with van der Waals surface area (Å²) in [6, 6.07) is 0. The molecule has 1 N–H and O–H groups in total. The van der Waals surface area contributed by atoms with E-state index in [0.717, 1.165) is 24.9 Å². The Bertz CT molecular complexity index is 218. The van der Waals surface area contributed by atoms with Gasteiger partial charge in [0.15, 0.2) is 0 Å². The fourth-order valence-corrected chi connectivity index (χ4v) is 3.28. The van der Waals surface area contributed by atoms with Crippen LogP contribution in [0.5, 0.6) is 0 Å². The van der Waals surface area contributed by atoms with Crippen molar-refractivity contribution in [2.24, 2.45) is 11.8 Å². The van der Waals surface area contributed by atoms with Crippen LogP contribution in [0, 0.1) is 11.8 Å². The fourth-order valence-electron chi connectivity index (χ4n) is 3.28. The summed E-state index contributed by atoms with van der Waals surface area (Å²) >= 11 is 0. The topological polar surface area (TPSA) is 24.5 Å². The number of fused-ring (bicyclic) bond motifs is 1. The molecule has 0 radical (unpaired) electrons. The van der Waals surface area contributed by atoms with Crippen molar-refractivity contribution < 1.29 is 4.74 Å². The van der Waals surface area contributed by atoms with Crippen LogP contribution >= 0.6 is 0 Å². The molecule has 2 saturated heterocycles. The van der Waals surface area contributed by atoms with E-state index in [1.54, 1.807) is 7.11 Å². The Hall–Kier alpha value is -0.120. The van der Waals surface area contributed by atoms with E-state index in [2.05, 4.69) is 24.1 Å². The summed E-state index contributed by atoms with van der Waals surface area (Å²) in [6.45, 7) is 10.6. The van der Waals surface area contributed by atoms with Crippen molar-refractivity contribution in [1.29, 1.82) is 0 Å². The molecule has 0 aromatic carbocycles. The van der Waals surface area contributed by atoms with Crippen molar-refractivity contribution in [3.05, 3.63) is 0 Å². The number of nitrogens with zero attached hydrogens (tertiary/aromatic N) is 1. The van der Waals surface area contributed by atoms with E-state index in [1.807, 2.05) is 0 Å². The van der Waals surface area contributed by atoms with Crippen molar-refractivity contribution in [1.82, 2.24) is 10.2 Å². The van der Waals surface area contributed by atoms with Gasteiger partial charge in [-0.2, -0.15) is 0 Å². The van der Waals surface area contributed by atoms with E-state index in [4.69, 9.17) is 4.74 Å². The quantitative estimate of drug-likeness (QED) is 0.702. The van der Waals surface area contributed by atoms with E-state index in [1.165, 1.54) is 26.2 Å². The molecule has 2 rings (SSSR count). The van der Waals surface area contributed by atoms with E-state index in [0.29, 0.717) is 5.54 Å². The highest BCUT2D eigenvalue weighted by Crippen LogP contribution is 2.40. The lowest BCUT2D eigenvalue weighted by Gasteiger charge is -2.35. The van der Waals surface area contributed by atoms with Crippen LogP contribution in [0.1, 0.15) is 20.3 Å². The molecule has 0 amide bonds. The smallest absolute Gasteiger partial charge is 0.0474 e. The van der Waals surface area contributed by atoms with Crippen LogP contribution in [-0.2, 0) is 4.74 Å². The maximum atomic E-state index is 5.12. The van der Waals surface area contributed by atoms with Crippen LogP contribution in [0.3, 0.4) is 0 Å². The van der Waals surface area contributed by atoms with Gasteiger partial charge in [-0.05, 0) is 38.6 Å². The zero-order valence-corrected chi connectivity index (χ0v) is 10.3. The van der Waals surface area contributed by atoms with Gasteiger partial charge in [-0.15, -0.1) is 0 Å². The number of likely N-dealkylation sites (tertiary alicyclic amines) is 1. The summed E-state index contributed by atoms with van der Waals surface area (Å²) in [5.74, 6) is 1.72. The molecule has 15 heavy (non-hydrogen) atoms. The number of nitrogens with one attached hydrogen (secondary N) is 1. The van der Waals surface area contributed by atoms with Gasteiger partial charge < -0.3 is 10.1 Å². The van der Waals surface area contributed by atoms with Gasteiger partial charge in [0.1, 0.15) is 0 Å². The van der Waals surface area contributed by atoms with Crippen LogP contribution in [0.4, 0.5) is 0 Å². The van der Waals surface area contributed by atoms with Gasteiger partial charge in [-0.25, -0.2) is 0 Å². The minimum absolute atomic E-state index is 0.377. The highest BCUT2D eigenvalue weighted by Gasteiger charge is 2.48. The lowest BCUT2D eigenvalue weighted by molar-refractivity contribution is 0.117. The number of rotatable bonds is 4. The van der Waals surface area contributed by atoms with Gasteiger partial charge >= 0.3 is 0 Å². The monoisotopic (exact) mass is 212 g/mol. The molecule has 0 saturated carbocycles. The molecule has 0 bridgehead atoms. The Morgan fingerprint density at radius 1 is 1.40 bits per heavy atom. The lowest BCUT2D eigenvalue weighted by Crippen LogP contribution is -2.45. The molecule has 2 unspecified atom stereocenters. The summed E-state index contributed by atoms with van der Waals surface area (Å²) in [7, 11) is 1.79. The lowest BCUT2D eigenvalue weighted by atomic mass is 9.85. The maximum Gasteiger partial charge on any atom is 0.0474 e. The number of hydrogen-bond acceptors (Lipinski definition) is 3. The number of methoxy groups -OCH3 is 1. The molecule has 2 heterocycles. The highest BCUT2D eigenvalue weighted by molar-refractivity contribution is 5.04. The molecule has 0 aromatic heterocycles. The third-order valence-corrected chi connectivity index (χ3v) is 4.29. The Morgan fingerprint density at radius 2 is 2.20 bits per heavy atom. The van der Waals surface area contributed by atoms with E-state index in [-0.39, 0.29) is 0 Å². The average Bonchev–Trinajstić information content (AvgIpc) is 2.72. The molecule has 88 valence electrons. The molecule has 0 spiro atoms. The zero-order chi connectivity index (χ0) is 10.9. The van der Waals surface area contributed by atoms with Crippen molar-refractivity contribution in [2.75, 3.05) is 39.9 Å².